The summed E-state index contributed by atoms with van der Waals surface area (Å²) in [5, 5.41) is 1.62. The molecule has 0 saturated carbocycles. The fourth-order valence-electron chi connectivity index (χ4n) is 4.09. The Kier molecular flexibility index (Phi) is 4.80. The van der Waals surface area contributed by atoms with E-state index in [9.17, 15) is 16.8 Å². The molecule has 31 heavy (non-hydrogen) atoms. The van der Waals surface area contributed by atoms with E-state index in [0.717, 1.165) is 15.4 Å². The number of sulfonamides is 1. The molecule has 4 aromatic rings. The summed E-state index contributed by atoms with van der Waals surface area (Å²) in [7, 11) is -7.43. The summed E-state index contributed by atoms with van der Waals surface area (Å²) >= 11 is 3.44. The Hall–Kier alpha value is -2.49. The monoisotopic (exact) mass is 516 g/mol. The maximum Gasteiger partial charge on any atom is 0.262 e. The molecular weight excluding hydrogens is 500 g/mol. The van der Waals surface area contributed by atoms with Crippen molar-refractivity contribution in [3.05, 3.63) is 70.8 Å². The lowest BCUT2D eigenvalue weighted by atomic mass is 10.0. The quantitative estimate of drug-likeness (QED) is 0.426. The van der Waals surface area contributed by atoms with Gasteiger partial charge in [0.1, 0.15) is 0 Å². The Labute approximate surface area is 188 Å². The third-order valence-corrected chi connectivity index (χ3v) is 9.40. The van der Waals surface area contributed by atoms with Crippen molar-refractivity contribution in [3.8, 4) is 0 Å². The average Bonchev–Trinajstić information content (AvgIpc) is 2.72. The molecule has 5 rings (SSSR count). The van der Waals surface area contributed by atoms with Gasteiger partial charge in [0.05, 0.1) is 32.9 Å². The molecule has 0 saturated heterocycles. The number of nitrogens with one attached hydrogen (secondary N) is 1. The van der Waals surface area contributed by atoms with Crippen molar-refractivity contribution >= 4 is 63.2 Å². The molecular formula is C22H17BrN2O4S2. The Balaban J connectivity index is 1.67. The van der Waals surface area contributed by atoms with Crippen LogP contribution in [0.4, 0.5) is 5.69 Å². The first kappa shape index (κ1) is 20.4. The predicted molar refractivity (Wildman–Crippen MR) is 125 cm³/mol. The number of rotatable bonds is 3. The Morgan fingerprint density at radius 1 is 1.00 bits per heavy atom. The van der Waals surface area contributed by atoms with Crippen molar-refractivity contribution in [3.63, 3.8) is 0 Å². The molecule has 1 N–H and O–H groups in total. The Morgan fingerprint density at radius 3 is 2.58 bits per heavy atom. The highest BCUT2D eigenvalue weighted by molar-refractivity contribution is 9.10. The number of para-hydroxylation sites is 1. The van der Waals surface area contributed by atoms with Gasteiger partial charge in [-0.1, -0.05) is 36.4 Å². The summed E-state index contributed by atoms with van der Waals surface area (Å²) in [5.74, 6) is 0.0761. The van der Waals surface area contributed by atoms with Gasteiger partial charge in [0, 0.05) is 20.6 Å². The summed E-state index contributed by atoms with van der Waals surface area (Å²) in [6, 6.07) is 15.5. The van der Waals surface area contributed by atoms with Crippen LogP contribution in [0.25, 0.3) is 21.7 Å². The standard InChI is InChI=1S/C22H17BrN2O4S2/c23-19-9-3-5-14-11-16(13-24-21(14)19)25-31(28,29)20-12-15-6-4-10-30(26,27)22(15)18-8-2-1-7-17(18)20/h1-3,5,7-9,11-13,25H,4,6,10H2. The SMILES string of the molecule is O=S1(=O)CCCc2cc(S(=O)(=O)Nc3cnc4c(Br)cccc4c3)c3ccccc3c21. The number of hydrogen-bond donors (Lipinski definition) is 1. The van der Waals surface area contributed by atoms with Gasteiger partial charge in [0.25, 0.3) is 10.0 Å². The summed E-state index contributed by atoms with van der Waals surface area (Å²) in [5.41, 5.74) is 1.61. The predicted octanol–water partition coefficient (Wildman–Crippen LogP) is 4.67. The van der Waals surface area contributed by atoms with Crippen molar-refractivity contribution in [2.75, 3.05) is 10.5 Å². The van der Waals surface area contributed by atoms with Crippen LogP contribution in [-0.4, -0.2) is 27.6 Å². The maximum atomic E-state index is 13.4. The topological polar surface area (TPSA) is 93.2 Å². The molecule has 1 aromatic heterocycles. The molecule has 158 valence electrons. The summed E-state index contributed by atoms with van der Waals surface area (Å²) < 4.78 is 55.6. The highest BCUT2D eigenvalue weighted by Crippen LogP contribution is 2.37. The minimum absolute atomic E-state index is 0.0632. The normalized spacial score (nSPS) is 15.6. The number of aromatic nitrogens is 1. The van der Waals surface area contributed by atoms with Gasteiger partial charge in [-0.05, 0) is 52.5 Å². The first-order chi connectivity index (χ1) is 14.8. The number of halogens is 1. The van der Waals surface area contributed by atoms with E-state index < -0.39 is 19.9 Å². The van der Waals surface area contributed by atoms with E-state index in [1.165, 1.54) is 12.3 Å². The second kappa shape index (κ2) is 7.29. The second-order valence-corrected chi connectivity index (χ2v) is 12.0. The van der Waals surface area contributed by atoms with E-state index in [0.29, 0.717) is 34.9 Å². The van der Waals surface area contributed by atoms with Crippen LogP contribution in [0.2, 0.25) is 0 Å². The molecule has 1 aliphatic rings. The first-order valence-electron chi connectivity index (χ1n) is 9.61. The number of aryl methyl sites for hydroxylation is 1. The van der Waals surface area contributed by atoms with E-state index in [1.54, 1.807) is 30.3 Å². The zero-order valence-electron chi connectivity index (χ0n) is 16.2. The molecule has 0 atom stereocenters. The maximum absolute atomic E-state index is 13.4. The van der Waals surface area contributed by atoms with Crippen LogP contribution in [0.5, 0.6) is 0 Å². The minimum Gasteiger partial charge on any atom is -0.278 e. The van der Waals surface area contributed by atoms with Crippen LogP contribution >= 0.6 is 15.9 Å². The second-order valence-electron chi connectivity index (χ2n) is 7.47. The third kappa shape index (κ3) is 3.50. The minimum atomic E-state index is -3.99. The Morgan fingerprint density at radius 2 is 1.77 bits per heavy atom. The molecule has 3 aromatic carbocycles. The molecule has 9 heteroatoms. The molecule has 2 heterocycles. The van der Waals surface area contributed by atoms with Gasteiger partial charge in [-0.2, -0.15) is 0 Å². The fraction of sp³-hybridized carbons (Fsp3) is 0.136. The average molecular weight is 517 g/mol. The van der Waals surface area contributed by atoms with E-state index in [4.69, 9.17) is 0 Å². The summed E-state index contributed by atoms with van der Waals surface area (Å²) in [4.78, 5) is 4.68. The van der Waals surface area contributed by atoms with E-state index in [2.05, 4.69) is 25.6 Å². The first-order valence-corrected chi connectivity index (χ1v) is 13.5. The van der Waals surface area contributed by atoms with Crippen molar-refractivity contribution in [2.45, 2.75) is 22.6 Å². The third-order valence-electron chi connectivity index (χ3n) is 5.41. The lowest BCUT2D eigenvalue weighted by Crippen LogP contribution is -2.19. The van der Waals surface area contributed by atoms with Gasteiger partial charge < -0.3 is 0 Å². The van der Waals surface area contributed by atoms with Crippen LogP contribution < -0.4 is 4.72 Å². The van der Waals surface area contributed by atoms with Gasteiger partial charge in [-0.15, -0.1) is 0 Å². The smallest absolute Gasteiger partial charge is 0.262 e. The fourth-order valence-corrected chi connectivity index (χ4v) is 7.67. The van der Waals surface area contributed by atoms with Gasteiger partial charge >= 0.3 is 0 Å². The number of nitrogens with zero attached hydrogens (tertiary/aromatic N) is 1. The molecule has 0 aliphatic carbocycles. The molecule has 0 fully saturated rings. The highest BCUT2D eigenvalue weighted by atomic mass is 79.9. The number of benzene rings is 3. The summed E-state index contributed by atoms with van der Waals surface area (Å²) in [6.07, 6.45) is 2.47. The molecule has 0 bridgehead atoms. The van der Waals surface area contributed by atoms with Gasteiger partial charge in [0.2, 0.25) is 0 Å². The number of hydrogen-bond acceptors (Lipinski definition) is 5. The van der Waals surface area contributed by atoms with Crippen LogP contribution in [0, 0.1) is 0 Å². The van der Waals surface area contributed by atoms with Crippen molar-refractivity contribution < 1.29 is 16.8 Å². The molecule has 0 unspecified atom stereocenters. The molecule has 0 amide bonds. The van der Waals surface area contributed by atoms with Gasteiger partial charge in [-0.25, -0.2) is 16.8 Å². The summed E-state index contributed by atoms with van der Waals surface area (Å²) in [6.45, 7) is 0. The molecule has 0 spiro atoms. The largest absolute Gasteiger partial charge is 0.278 e. The van der Waals surface area contributed by atoms with E-state index >= 15 is 0 Å². The number of pyridine rings is 1. The van der Waals surface area contributed by atoms with Crippen LogP contribution in [0.3, 0.4) is 0 Å². The van der Waals surface area contributed by atoms with Gasteiger partial charge in [-0.3, -0.25) is 9.71 Å². The number of fused-ring (bicyclic) bond motifs is 4. The lowest BCUT2D eigenvalue weighted by molar-refractivity contribution is 0.586. The van der Waals surface area contributed by atoms with Crippen molar-refractivity contribution in [1.29, 1.82) is 0 Å². The lowest BCUT2D eigenvalue weighted by Gasteiger charge is -2.21. The van der Waals surface area contributed by atoms with Gasteiger partial charge in [0.15, 0.2) is 9.84 Å². The zero-order chi connectivity index (χ0) is 21.8. The van der Waals surface area contributed by atoms with Crippen molar-refractivity contribution in [1.82, 2.24) is 4.98 Å². The van der Waals surface area contributed by atoms with E-state index in [-0.39, 0.29) is 15.5 Å². The molecule has 6 nitrogen and oxygen atoms in total. The zero-order valence-corrected chi connectivity index (χ0v) is 19.4. The van der Waals surface area contributed by atoms with Crippen LogP contribution in [0.15, 0.2) is 75.1 Å². The van der Waals surface area contributed by atoms with Crippen molar-refractivity contribution in [2.24, 2.45) is 0 Å². The number of sulfone groups is 1. The highest BCUT2D eigenvalue weighted by Gasteiger charge is 2.30. The van der Waals surface area contributed by atoms with E-state index in [1.807, 2.05) is 18.2 Å². The van der Waals surface area contributed by atoms with Crippen LogP contribution in [-0.2, 0) is 26.3 Å². The molecule has 0 radical (unpaired) electrons. The van der Waals surface area contributed by atoms with Crippen LogP contribution in [0.1, 0.15) is 12.0 Å². The molecule has 1 aliphatic heterocycles. The Bertz CT molecular complexity index is 1580. The number of anilines is 1.